The summed E-state index contributed by atoms with van der Waals surface area (Å²) in [5.74, 6) is 0.456. The molecule has 7 nitrogen and oxygen atoms in total. The van der Waals surface area contributed by atoms with Crippen LogP contribution in [-0.4, -0.2) is 31.2 Å². The van der Waals surface area contributed by atoms with Gasteiger partial charge in [-0.25, -0.2) is 0 Å². The first-order chi connectivity index (χ1) is 16.9. The van der Waals surface area contributed by atoms with E-state index in [2.05, 4.69) is 26.3 Å². The minimum absolute atomic E-state index is 0.216. The molecule has 3 aromatic rings. The fourth-order valence-electron chi connectivity index (χ4n) is 3.62. The molecule has 0 atom stereocenters. The third-order valence-corrected chi connectivity index (χ3v) is 5.81. The van der Waals surface area contributed by atoms with Gasteiger partial charge in [0.15, 0.2) is 6.61 Å². The van der Waals surface area contributed by atoms with Gasteiger partial charge in [-0.2, -0.15) is 10.1 Å². The van der Waals surface area contributed by atoms with E-state index >= 15 is 0 Å². The van der Waals surface area contributed by atoms with Crippen molar-refractivity contribution in [2.24, 2.45) is 5.10 Å². The van der Waals surface area contributed by atoms with Crippen LogP contribution in [0.4, 0.5) is 11.4 Å². The van der Waals surface area contributed by atoms with Gasteiger partial charge in [0.25, 0.3) is 11.8 Å². The second-order valence-corrected chi connectivity index (χ2v) is 8.83. The summed E-state index contributed by atoms with van der Waals surface area (Å²) in [4.78, 5) is 25.7. The Kier molecular flexibility index (Phi) is 7.31. The number of aryl methyl sites for hydroxylation is 1. The van der Waals surface area contributed by atoms with Gasteiger partial charge in [0.05, 0.1) is 29.8 Å². The van der Waals surface area contributed by atoms with Crippen LogP contribution >= 0.6 is 15.9 Å². The van der Waals surface area contributed by atoms with Crippen LogP contribution in [0.25, 0.3) is 6.08 Å². The Morgan fingerprint density at radius 2 is 1.86 bits per heavy atom. The van der Waals surface area contributed by atoms with Gasteiger partial charge in [0.2, 0.25) is 0 Å². The molecule has 2 amide bonds. The molecule has 1 aliphatic rings. The van der Waals surface area contributed by atoms with E-state index in [4.69, 9.17) is 9.47 Å². The fourth-order valence-corrected chi connectivity index (χ4v) is 3.99. The second-order valence-electron chi connectivity index (χ2n) is 7.92. The van der Waals surface area contributed by atoms with Gasteiger partial charge in [-0.05, 0) is 68.0 Å². The van der Waals surface area contributed by atoms with Crippen LogP contribution in [0.1, 0.15) is 18.1 Å². The average Bonchev–Trinajstić information content (AvgIpc) is 3.12. The first-order valence-electron chi connectivity index (χ1n) is 10.9. The van der Waals surface area contributed by atoms with Crippen LogP contribution in [-0.2, 0) is 9.59 Å². The summed E-state index contributed by atoms with van der Waals surface area (Å²) in [6, 6.07) is 20.1. The Labute approximate surface area is 212 Å². The molecular weight excluding hydrogens is 510 g/mol. The lowest BCUT2D eigenvalue weighted by atomic mass is 10.1. The molecular formula is C27H24BrN3O4. The highest BCUT2D eigenvalue weighted by Crippen LogP contribution is 2.30. The summed E-state index contributed by atoms with van der Waals surface area (Å²) < 4.78 is 11.9. The number of nitrogens with one attached hydrogen (secondary N) is 1. The Balaban J connectivity index is 1.53. The molecule has 1 heterocycles. The zero-order chi connectivity index (χ0) is 24.9. The largest absolute Gasteiger partial charge is 0.495 e. The SMILES string of the molecule is COc1ccccc1NC(=O)COc1ccc(Br)cc1/C=C1/C(=O)N(c2cccc(C)c2)N=C1C. The Morgan fingerprint density at radius 1 is 1.06 bits per heavy atom. The molecule has 0 bridgehead atoms. The zero-order valence-corrected chi connectivity index (χ0v) is 21.1. The van der Waals surface area contributed by atoms with Gasteiger partial charge in [-0.3, -0.25) is 9.59 Å². The topological polar surface area (TPSA) is 80.2 Å². The molecule has 1 N–H and O–H groups in total. The zero-order valence-electron chi connectivity index (χ0n) is 19.5. The Hall–Kier alpha value is -3.91. The molecule has 0 radical (unpaired) electrons. The minimum Gasteiger partial charge on any atom is -0.495 e. The van der Waals surface area contributed by atoms with Gasteiger partial charge < -0.3 is 14.8 Å². The molecule has 0 aliphatic carbocycles. The summed E-state index contributed by atoms with van der Waals surface area (Å²) in [5.41, 5.74) is 3.99. The van der Waals surface area contributed by atoms with Crippen molar-refractivity contribution in [1.82, 2.24) is 0 Å². The minimum atomic E-state index is -0.337. The number of para-hydroxylation sites is 2. The standard InChI is InChI=1S/C27H24BrN3O4/c1-17-7-6-8-21(13-17)31-27(33)22(18(2)30-31)15-19-14-20(28)11-12-24(19)35-16-26(32)29-23-9-4-5-10-25(23)34-3/h4-15H,16H2,1-3H3,(H,29,32)/b22-15+. The highest BCUT2D eigenvalue weighted by Gasteiger charge is 2.29. The molecule has 0 aromatic heterocycles. The number of amides is 2. The maximum Gasteiger partial charge on any atom is 0.280 e. The summed E-state index contributed by atoms with van der Waals surface area (Å²) in [5, 5.41) is 8.63. The molecule has 0 spiro atoms. The van der Waals surface area contributed by atoms with Crippen LogP contribution in [0.3, 0.4) is 0 Å². The number of rotatable bonds is 7. The van der Waals surface area contributed by atoms with E-state index in [-0.39, 0.29) is 18.4 Å². The first kappa shape index (κ1) is 24.2. The van der Waals surface area contributed by atoms with Gasteiger partial charge in [0, 0.05) is 10.0 Å². The highest BCUT2D eigenvalue weighted by atomic mass is 79.9. The maximum atomic E-state index is 13.2. The van der Waals surface area contributed by atoms with E-state index < -0.39 is 0 Å². The molecule has 4 rings (SSSR count). The third-order valence-electron chi connectivity index (χ3n) is 5.32. The Morgan fingerprint density at radius 3 is 2.63 bits per heavy atom. The summed E-state index contributed by atoms with van der Waals surface area (Å²) in [6.07, 6.45) is 1.73. The number of carbonyl (C=O) groups is 2. The summed E-state index contributed by atoms with van der Waals surface area (Å²) in [6.45, 7) is 3.54. The number of methoxy groups -OCH3 is 1. The van der Waals surface area contributed by atoms with Crippen molar-refractivity contribution in [3.05, 3.63) is 87.9 Å². The summed E-state index contributed by atoms with van der Waals surface area (Å²) in [7, 11) is 1.54. The van der Waals surface area contributed by atoms with Crippen LogP contribution in [0.5, 0.6) is 11.5 Å². The van der Waals surface area contributed by atoms with Crippen molar-refractivity contribution >= 4 is 50.9 Å². The molecule has 35 heavy (non-hydrogen) atoms. The van der Waals surface area contributed by atoms with Crippen molar-refractivity contribution in [1.29, 1.82) is 0 Å². The Bertz CT molecular complexity index is 1350. The highest BCUT2D eigenvalue weighted by molar-refractivity contribution is 9.10. The van der Waals surface area contributed by atoms with Gasteiger partial charge in [-0.1, -0.05) is 40.2 Å². The fraction of sp³-hybridized carbons (Fsp3) is 0.148. The number of benzene rings is 3. The van der Waals surface area contributed by atoms with Crippen LogP contribution in [0, 0.1) is 6.92 Å². The number of hydrazone groups is 1. The van der Waals surface area contributed by atoms with E-state index in [1.165, 1.54) is 5.01 Å². The molecule has 8 heteroatoms. The van der Waals surface area contributed by atoms with Gasteiger partial charge in [0.1, 0.15) is 11.5 Å². The third kappa shape index (κ3) is 5.60. The average molecular weight is 534 g/mol. The summed E-state index contributed by atoms with van der Waals surface area (Å²) >= 11 is 3.47. The molecule has 0 unspecified atom stereocenters. The van der Waals surface area contributed by atoms with Crippen molar-refractivity contribution < 1.29 is 19.1 Å². The van der Waals surface area contributed by atoms with Gasteiger partial charge in [-0.15, -0.1) is 0 Å². The number of nitrogens with zero attached hydrogens (tertiary/aromatic N) is 2. The van der Waals surface area contributed by atoms with Crippen molar-refractivity contribution in [3.8, 4) is 11.5 Å². The molecule has 0 fully saturated rings. The number of ether oxygens (including phenoxy) is 2. The van der Waals surface area contributed by atoms with Crippen molar-refractivity contribution in [2.75, 3.05) is 24.0 Å². The number of halogens is 1. The maximum absolute atomic E-state index is 13.2. The molecule has 3 aromatic carbocycles. The lowest BCUT2D eigenvalue weighted by Gasteiger charge is -2.13. The number of hydrogen-bond donors (Lipinski definition) is 1. The smallest absolute Gasteiger partial charge is 0.280 e. The molecule has 0 saturated carbocycles. The monoisotopic (exact) mass is 533 g/mol. The number of hydrogen-bond acceptors (Lipinski definition) is 5. The predicted octanol–water partition coefficient (Wildman–Crippen LogP) is 5.59. The number of anilines is 2. The lowest BCUT2D eigenvalue weighted by molar-refractivity contribution is -0.118. The normalized spacial score (nSPS) is 14.2. The van der Waals surface area contributed by atoms with E-state index in [9.17, 15) is 9.59 Å². The van der Waals surface area contributed by atoms with Crippen LogP contribution in [0.15, 0.2) is 81.9 Å². The number of carbonyl (C=O) groups excluding carboxylic acids is 2. The van der Waals surface area contributed by atoms with Crippen LogP contribution < -0.4 is 19.8 Å². The second kappa shape index (κ2) is 10.6. The predicted molar refractivity (Wildman–Crippen MR) is 141 cm³/mol. The van der Waals surface area contributed by atoms with Crippen molar-refractivity contribution in [2.45, 2.75) is 13.8 Å². The van der Waals surface area contributed by atoms with Crippen molar-refractivity contribution in [3.63, 3.8) is 0 Å². The van der Waals surface area contributed by atoms with E-state index in [1.807, 2.05) is 49.4 Å². The quantitative estimate of drug-likeness (QED) is 0.401. The molecule has 1 aliphatic heterocycles. The van der Waals surface area contributed by atoms with E-state index in [1.54, 1.807) is 44.4 Å². The van der Waals surface area contributed by atoms with E-state index in [0.29, 0.717) is 39.7 Å². The lowest BCUT2D eigenvalue weighted by Crippen LogP contribution is -2.21. The molecule has 178 valence electrons. The van der Waals surface area contributed by atoms with Gasteiger partial charge >= 0.3 is 0 Å². The first-order valence-corrected chi connectivity index (χ1v) is 11.7. The van der Waals surface area contributed by atoms with Crippen LogP contribution in [0.2, 0.25) is 0 Å². The molecule has 0 saturated heterocycles. The van der Waals surface area contributed by atoms with E-state index in [0.717, 1.165) is 10.0 Å².